The molecule has 5 rings (SSSR count). The van der Waals surface area contributed by atoms with Crippen LogP contribution in [0.2, 0.25) is 0 Å². The van der Waals surface area contributed by atoms with Crippen LogP contribution in [0.5, 0.6) is 0 Å². The summed E-state index contributed by atoms with van der Waals surface area (Å²) in [4.78, 5) is 13.2. The van der Waals surface area contributed by atoms with Crippen LogP contribution < -0.4 is 0 Å². The van der Waals surface area contributed by atoms with Gasteiger partial charge in [-0.1, -0.05) is 18.2 Å². The molecule has 5 aromatic rings. The zero-order valence-electron chi connectivity index (χ0n) is 13.9. The summed E-state index contributed by atoms with van der Waals surface area (Å²) >= 11 is 0. The summed E-state index contributed by atoms with van der Waals surface area (Å²) in [6.45, 7) is 0. The van der Waals surface area contributed by atoms with Gasteiger partial charge in [0.05, 0.1) is 17.4 Å². The SMILES string of the molecule is c1ccc(-n2cnc(-c3cccc(-n4ccc5ccncc54)c3)c2)nc1. The molecule has 124 valence electrons. The molecule has 0 atom stereocenters. The highest BCUT2D eigenvalue weighted by Gasteiger charge is 2.07. The Balaban J connectivity index is 1.56. The number of aromatic nitrogens is 5. The maximum absolute atomic E-state index is 4.55. The molecule has 0 fully saturated rings. The molecule has 0 saturated heterocycles. The third kappa shape index (κ3) is 2.46. The fraction of sp³-hybridized carbons (Fsp3) is 0. The van der Waals surface area contributed by atoms with Crippen molar-refractivity contribution in [2.75, 3.05) is 0 Å². The van der Waals surface area contributed by atoms with E-state index in [9.17, 15) is 0 Å². The molecular formula is C21H15N5. The van der Waals surface area contributed by atoms with Crippen LogP contribution in [0.15, 0.2) is 91.9 Å². The molecule has 0 aliphatic heterocycles. The molecule has 0 spiro atoms. The molecule has 0 N–H and O–H groups in total. The van der Waals surface area contributed by atoms with Crippen molar-refractivity contribution in [3.8, 4) is 22.8 Å². The summed E-state index contributed by atoms with van der Waals surface area (Å²) in [7, 11) is 0. The highest BCUT2D eigenvalue weighted by Crippen LogP contribution is 2.24. The van der Waals surface area contributed by atoms with E-state index in [0.717, 1.165) is 28.3 Å². The Morgan fingerprint density at radius 2 is 1.85 bits per heavy atom. The Bertz CT molecular complexity index is 1190. The molecule has 4 heterocycles. The smallest absolute Gasteiger partial charge is 0.137 e. The first-order valence-corrected chi connectivity index (χ1v) is 8.36. The molecule has 0 radical (unpaired) electrons. The van der Waals surface area contributed by atoms with E-state index in [4.69, 9.17) is 0 Å². The van der Waals surface area contributed by atoms with Gasteiger partial charge in [-0.15, -0.1) is 0 Å². The molecule has 0 amide bonds. The van der Waals surface area contributed by atoms with Crippen LogP contribution in [0.3, 0.4) is 0 Å². The van der Waals surface area contributed by atoms with E-state index >= 15 is 0 Å². The standard InChI is InChI=1S/C21H15N5/c1-2-9-23-21(6-1)25-14-19(24-15-25)17-4-3-5-18(12-17)26-11-8-16-7-10-22-13-20(16)26/h1-15H. The maximum Gasteiger partial charge on any atom is 0.137 e. The third-order valence-corrected chi connectivity index (χ3v) is 4.41. The second-order valence-corrected chi connectivity index (χ2v) is 6.02. The van der Waals surface area contributed by atoms with Gasteiger partial charge >= 0.3 is 0 Å². The van der Waals surface area contributed by atoms with Crippen LogP contribution in [0.25, 0.3) is 33.7 Å². The first-order chi connectivity index (χ1) is 12.9. The van der Waals surface area contributed by atoms with Crippen molar-refractivity contribution in [2.45, 2.75) is 0 Å². The first-order valence-electron chi connectivity index (χ1n) is 8.36. The molecule has 4 aromatic heterocycles. The summed E-state index contributed by atoms with van der Waals surface area (Å²) in [6, 6.07) is 18.3. The van der Waals surface area contributed by atoms with Crippen LogP contribution >= 0.6 is 0 Å². The van der Waals surface area contributed by atoms with Gasteiger partial charge in [0.25, 0.3) is 0 Å². The summed E-state index contributed by atoms with van der Waals surface area (Å²) in [6.07, 6.45) is 11.3. The van der Waals surface area contributed by atoms with Gasteiger partial charge in [0, 0.05) is 41.4 Å². The minimum Gasteiger partial charge on any atom is -0.315 e. The zero-order valence-corrected chi connectivity index (χ0v) is 13.9. The average molecular weight is 337 g/mol. The van der Waals surface area contributed by atoms with Crippen molar-refractivity contribution in [3.63, 3.8) is 0 Å². The topological polar surface area (TPSA) is 48.5 Å². The Morgan fingerprint density at radius 1 is 0.846 bits per heavy atom. The van der Waals surface area contributed by atoms with Crippen LogP contribution in [0, 0.1) is 0 Å². The Hall–Kier alpha value is -3.73. The number of hydrogen-bond acceptors (Lipinski definition) is 3. The van der Waals surface area contributed by atoms with Crippen LogP contribution in [0.1, 0.15) is 0 Å². The molecule has 0 unspecified atom stereocenters. The second kappa shape index (κ2) is 5.97. The minimum absolute atomic E-state index is 0.852. The third-order valence-electron chi connectivity index (χ3n) is 4.41. The summed E-state index contributed by atoms with van der Waals surface area (Å²) in [5, 5.41) is 1.17. The van der Waals surface area contributed by atoms with E-state index < -0.39 is 0 Å². The van der Waals surface area contributed by atoms with Gasteiger partial charge in [0.1, 0.15) is 12.1 Å². The molecule has 0 aliphatic carbocycles. The summed E-state index contributed by atoms with van der Waals surface area (Å²) in [5.41, 5.74) is 4.14. The van der Waals surface area contributed by atoms with E-state index in [1.807, 2.05) is 53.5 Å². The number of rotatable bonds is 3. The van der Waals surface area contributed by atoms with Gasteiger partial charge in [0.15, 0.2) is 0 Å². The number of pyridine rings is 2. The van der Waals surface area contributed by atoms with Gasteiger partial charge in [-0.05, 0) is 36.4 Å². The van der Waals surface area contributed by atoms with Crippen molar-refractivity contribution in [1.82, 2.24) is 24.1 Å². The number of imidazole rings is 1. The predicted octanol–water partition coefficient (Wildman–Crippen LogP) is 4.27. The summed E-state index contributed by atoms with van der Waals surface area (Å²) in [5.74, 6) is 0.852. The lowest BCUT2D eigenvalue weighted by molar-refractivity contribution is 0.993. The zero-order chi connectivity index (χ0) is 17.3. The fourth-order valence-corrected chi connectivity index (χ4v) is 3.12. The highest BCUT2D eigenvalue weighted by atomic mass is 15.1. The normalized spacial score (nSPS) is 11.1. The Morgan fingerprint density at radius 3 is 2.77 bits per heavy atom. The molecule has 5 nitrogen and oxygen atoms in total. The quantitative estimate of drug-likeness (QED) is 0.494. The lowest BCUT2D eigenvalue weighted by Crippen LogP contribution is -1.93. The number of fused-ring (bicyclic) bond motifs is 1. The fourth-order valence-electron chi connectivity index (χ4n) is 3.12. The van der Waals surface area contributed by atoms with Crippen LogP contribution in [-0.2, 0) is 0 Å². The summed E-state index contributed by atoms with van der Waals surface area (Å²) < 4.78 is 4.07. The molecule has 0 aliphatic rings. The van der Waals surface area contributed by atoms with Crippen molar-refractivity contribution in [3.05, 3.63) is 91.9 Å². The minimum atomic E-state index is 0.852. The monoisotopic (exact) mass is 337 g/mol. The van der Waals surface area contributed by atoms with Gasteiger partial charge in [-0.2, -0.15) is 0 Å². The van der Waals surface area contributed by atoms with Crippen LogP contribution in [0.4, 0.5) is 0 Å². The van der Waals surface area contributed by atoms with Gasteiger partial charge in [0.2, 0.25) is 0 Å². The number of benzene rings is 1. The molecule has 0 bridgehead atoms. The molecular weight excluding hydrogens is 322 g/mol. The lowest BCUT2D eigenvalue weighted by Gasteiger charge is -2.07. The molecule has 5 heteroatoms. The van der Waals surface area contributed by atoms with E-state index in [2.05, 4.69) is 50.0 Å². The van der Waals surface area contributed by atoms with Gasteiger partial charge < -0.3 is 4.57 Å². The maximum atomic E-state index is 4.55. The Labute approximate surface area is 150 Å². The Kier molecular flexibility index (Phi) is 3.35. The van der Waals surface area contributed by atoms with Gasteiger partial charge in [-0.25, -0.2) is 9.97 Å². The van der Waals surface area contributed by atoms with Crippen molar-refractivity contribution in [1.29, 1.82) is 0 Å². The average Bonchev–Trinajstić information content (AvgIpc) is 3.36. The first kappa shape index (κ1) is 14.6. The molecule has 26 heavy (non-hydrogen) atoms. The van der Waals surface area contributed by atoms with Gasteiger partial charge in [-0.3, -0.25) is 9.55 Å². The van der Waals surface area contributed by atoms with E-state index in [1.54, 1.807) is 12.5 Å². The van der Waals surface area contributed by atoms with Crippen molar-refractivity contribution in [2.24, 2.45) is 0 Å². The number of hydrogen-bond donors (Lipinski definition) is 0. The second-order valence-electron chi connectivity index (χ2n) is 6.02. The molecule has 0 saturated carbocycles. The predicted molar refractivity (Wildman–Crippen MR) is 101 cm³/mol. The van der Waals surface area contributed by atoms with Crippen molar-refractivity contribution < 1.29 is 0 Å². The van der Waals surface area contributed by atoms with E-state index in [0.29, 0.717) is 0 Å². The van der Waals surface area contributed by atoms with E-state index in [1.165, 1.54) is 5.39 Å². The highest BCUT2D eigenvalue weighted by molar-refractivity contribution is 5.81. The largest absolute Gasteiger partial charge is 0.315 e. The van der Waals surface area contributed by atoms with Crippen LogP contribution in [-0.4, -0.2) is 24.1 Å². The number of nitrogens with zero attached hydrogens (tertiary/aromatic N) is 5. The molecule has 1 aromatic carbocycles. The lowest BCUT2D eigenvalue weighted by atomic mass is 10.1. The van der Waals surface area contributed by atoms with Crippen molar-refractivity contribution >= 4 is 10.9 Å². The van der Waals surface area contributed by atoms with E-state index in [-0.39, 0.29) is 0 Å².